The van der Waals surface area contributed by atoms with Crippen LogP contribution in [-0.2, 0) is 65.4 Å². The van der Waals surface area contributed by atoms with Gasteiger partial charge in [-0.3, -0.25) is 37.3 Å². The molecule has 0 saturated heterocycles. The van der Waals surface area contributed by atoms with Crippen LogP contribution >= 0.6 is 15.6 Å². The lowest BCUT2D eigenvalue weighted by Gasteiger charge is -2.21. The van der Waals surface area contributed by atoms with Crippen molar-refractivity contribution in [2.75, 3.05) is 39.6 Å². The Morgan fingerprint density at radius 2 is 0.586 bits per heavy atom. The van der Waals surface area contributed by atoms with Gasteiger partial charge in [0, 0.05) is 25.7 Å². The molecule has 0 fully saturated rings. The Kier molecular flexibility index (Phi) is 45.5. The topological polar surface area (TPSA) is 237 Å². The summed E-state index contributed by atoms with van der Waals surface area (Å²) in [6, 6.07) is 0. The molecule has 0 heterocycles. The van der Waals surface area contributed by atoms with Crippen molar-refractivity contribution in [3.8, 4) is 0 Å². The summed E-state index contributed by atoms with van der Waals surface area (Å²) in [4.78, 5) is 70.7. The molecule has 19 heteroatoms. The van der Waals surface area contributed by atoms with E-state index in [1.807, 2.05) is 6.92 Å². The average Bonchev–Trinajstić information content (AvgIpc) is 3.33. The van der Waals surface area contributed by atoms with E-state index in [0.717, 1.165) is 83.5 Å². The Labute approximate surface area is 422 Å². The predicted molar refractivity (Wildman–Crippen MR) is 271 cm³/mol. The molecule has 3 N–H and O–H groups in total. The quantitative estimate of drug-likeness (QED) is 0.0222. The molecule has 0 saturated carbocycles. The van der Waals surface area contributed by atoms with Crippen molar-refractivity contribution in [3.05, 3.63) is 0 Å². The molecule has 2 unspecified atom stereocenters. The number of esters is 4. The smallest absolute Gasteiger partial charge is 0.462 e. The second-order valence-electron chi connectivity index (χ2n) is 18.6. The van der Waals surface area contributed by atoms with Gasteiger partial charge in [0.2, 0.25) is 0 Å². The number of carbonyl (C=O) groups excluding carboxylic acids is 4. The van der Waals surface area contributed by atoms with Crippen molar-refractivity contribution in [3.63, 3.8) is 0 Å². The Bertz CT molecular complexity index is 1390. The van der Waals surface area contributed by atoms with Crippen LogP contribution in [0.5, 0.6) is 0 Å². The number of phosphoric ester groups is 2. The summed E-state index contributed by atoms with van der Waals surface area (Å²) < 4.78 is 66.7. The Morgan fingerprint density at radius 1 is 0.343 bits per heavy atom. The molecular formula is C51H98O17P2. The molecule has 0 rings (SSSR count). The van der Waals surface area contributed by atoms with Crippen molar-refractivity contribution >= 4 is 39.5 Å². The van der Waals surface area contributed by atoms with E-state index in [-0.39, 0.29) is 25.7 Å². The Balaban J connectivity index is 4.99. The zero-order valence-electron chi connectivity index (χ0n) is 44.0. The van der Waals surface area contributed by atoms with Gasteiger partial charge in [0.25, 0.3) is 0 Å². The molecule has 0 amide bonds. The lowest BCUT2D eigenvalue weighted by Crippen LogP contribution is -2.30. The first-order valence-electron chi connectivity index (χ1n) is 27.3. The Morgan fingerprint density at radius 3 is 0.886 bits per heavy atom. The van der Waals surface area contributed by atoms with Gasteiger partial charge in [-0.25, -0.2) is 9.13 Å². The number of hydrogen-bond acceptors (Lipinski definition) is 15. The van der Waals surface area contributed by atoms with Crippen LogP contribution in [0.1, 0.15) is 246 Å². The first kappa shape index (κ1) is 68.1. The van der Waals surface area contributed by atoms with Crippen LogP contribution in [0.2, 0.25) is 0 Å². The number of phosphoric acid groups is 2. The van der Waals surface area contributed by atoms with Crippen LogP contribution in [0.25, 0.3) is 0 Å². The summed E-state index contributed by atoms with van der Waals surface area (Å²) in [7, 11) is -9.83. The number of unbranched alkanes of at least 4 members (excludes halogenated alkanes) is 26. The third-order valence-corrected chi connectivity index (χ3v) is 13.5. The minimum Gasteiger partial charge on any atom is -0.462 e. The molecular weight excluding hydrogens is 946 g/mol. The molecule has 0 aromatic carbocycles. The van der Waals surface area contributed by atoms with Crippen LogP contribution in [-0.4, -0.2) is 96.7 Å². The van der Waals surface area contributed by atoms with Gasteiger partial charge in [-0.15, -0.1) is 0 Å². The highest BCUT2D eigenvalue weighted by Crippen LogP contribution is 2.45. The highest BCUT2D eigenvalue weighted by Gasteiger charge is 2.30. The number of aliphatic hydroxyl groups excluding tert-OH is 1. The Hall–Kier alpha value is -1.94. The third-order valence-electron chi connectivity index (χ3n) is 11.6. The minimum atomic E-state index is -4.92. The van der Waals surface area contributed by atoms with Gasteiger partial charge >= 0.3 is 39.5 Å². The zero-order valence-corrected chi connectivity index (χ0v) is 45.8. The van der Waals surface area contributed by atoms with E-state index >= 15 is 0 Å². The van der Waals surface area contributed by atoms with Gasteiger partial charge in [-0.2, -0.15) is 0 Å². The van der Waals surface area contributed by atoms with E-state index in [0.29, 0.717) is 25.7 Å². The number of rotatable bonds is 52. The van der Waals surface area contributed by atoms with Crippen molar-refractivity contribution in [2.45, 2.75) is 264 Å². The first-order valence-corrected chi connectivity index (χ1v) is 30.3. The number of aliphatic hydroxyl groups is 1. The van der Waals surface area contributed by atoms with E-state index in [1.54, 1.807) is 0 Å². The summed E-state index contributed by atoms with van der Waals surface area (Å²) in [6.45, 7) is 4.45. The second kappa shape index (κ2) is 46.8. The van der Waals surface area contributed by atoms with E-state index in [2.05, 4.69) is 20.8 Å². The summed E-state index contributed by atoms with van der Waals surface area (Å²) in [5.41, 5.74) is 0. The molecule has 70 heavy (non-hydrogen) atoms. The van der Waals surface area contributed by atoms with Crippen LogP contribution in [0.3, 0.4) is 0 Å². The van der Waals surface area contributed by atoms with Gasteiger partial charge < -0.3 is 33.8 Å². The van der Waals surface area contributed by atoms with Crippen molar-refractivity contribution < 1.29 is 80.2 Å². The van der Waals surface area contributed by atoms with E-state index in [1.165, 1.54) is 83.5 Å². The maximum Gasteiger partial charge on any atom is 0.472 e. The zero-order chi connectivity index (χ0) is 52.0. The molecule has 5 atom stereocenters. The second-order valence-corrected chi connectivity index (χ2v) is 21.5. The van der Waals surface area contributed by atoms with Crippen LogP contribution in [0.15, 0.2) is 0 Å². The van der Waals surface area contributed by atoms with Crippen molar-refractivity contribution in [1.29, 1.82) is 0 Å². The van der Waals surface area contributed by atoms with Crippen molar-refractivity contribution in [1.82, 2.24) is 0 Å². The van der Waals surface area contributed by atoms with Gasteiger partial charge in [-0.05, 0) is 25.7 Å². The monoisotopic (exact) mass is 1040 g/mol. The number of carbonyl (C=O) groups is 4. The molecule has 0 radical (unpaired) electrons. The highest BCUT2D eigenvalue weighted by atomic mass is 31.2. The maximum absolute atomic E-state index is 12.8. The molecule has 0 aliphatic carbocycles. The predicted octanol–water partition coefficient (Wildman–Crippen LogP) is 12.9. The normalized spacial score (nSPS) is 14.6. The van der Waals surface area contributed by atoms with Crippen molar-refractivity contribution in [2.24, 2.45) is 0 Å². The fourth-order valence-electron chi connectivity index (χ4n) is 7.31. The minimum absolute atomic E-state index is 0.0790. The standard InChI is InChI=1S/C51H98O17P2/c1-5-9-13-16-19-21-23-25-27-30-33-37-49(54)61-41-46(67-50(55)35-12-8-4)43-65-69(57,58)63-39-45(52)40-64-70(59,60)66-44-47(42-62-48(53)36-32-29-18-15-11-7-3)68-51(56)38-34-31-28-26-24-22-20-17-14-10-6-2/h45-47,52H,5-44H2,1-4H3,(H,57,58)(H,59,60)/t45-,46+,47+/m0/s1. The first-order chi connectivity index (χ1) is 33.7. The summed E-state index contributed by atoms with van der Waals surface area (Å²) >= 11 is 0. The maximum atomic E-state index is 12.8. The largest absolute Gasteiger partial charge is 0.472 e. The number of hydrogen-bond donors (Lipinski definition) is 3. The van der Waals surface area contributed by atoms with E-state index in [9.17, 15) is 43.2 Å². The molecule has 414 valence electrons. The highest BCUT2D eigenvalue weighted by molar-refractivity contribution is 7.47. The van der Waals surface area contributed by atoms with Gasteiger partial charge in [0.05, 0.1) is 26.4 Å². The third kappa shape index (κ3) is 45.9. The van der Waals surface area contributed by atoms with E-state index in [4.69, 9.17) is 37.0 Å². The molecule has 17 nitrogen and oxygen atoms in total. The molecule has 0 bridgehead atoms. The lowest BCUT2D eigenvalue weighted by molar-refractivity contribution is -0.161. The average molecular weight is 1050 g/mol. The molecule has 0 aromatic heterocycles. The summed E-state index contributed by atoms with van der Waals surface area (Å²) in [5.74, 6) is -2.20. The molecule has 0 aliphatic heterocycles. The molecule has 0 spiro atoms. The number of ether oxygens (including phenoxy) is 4. The van der Waals surface area contributed by atoms with Gasteiger partial charge in [0.1, 0.15) is 19.3 Å². The van der Waals surface area contributed by atoms with Gasteiger partial charge in [0.15, 0.2) is 12.2 Å². The fraction of sp³-hybridized carbons (Fsp3) is 0.922. The SMILES string of the molecule is CCCCCCCCCCCCCC(=O)OC[C@H](COP(=O)(O)OC[C@H](O)COP(=O)(O)OC[C@@H](COC(=O)CCCCCCCC)OC(=O)CCCCCCCCCCCCC)OC(=O)CCCC. The molecule has 0 aromatic rings. The van der Waals surface area contributed by atoms with E-state index < -0.39 is 97.5 Å². The lowest BCUT2D eigenvalue weighted by atomic mass is 10.1. The summed E-state index contributed by atoms with van der Waals surface area (Å²) in [6.07, 6.45) is 28.0. The fourth-order valence-corrected chi connectivity index (χ4v) is 8.89. The van der Waals surface area contributed by atoms with Crippen LogP contribution < -0.4 is 0 Å². The van der Waals surface area contributed by atoms with Crippen LogP contribution in [0.4, 0.5) is 0 Å². The van der Waals surface area contributed by atoms with Crippen LogP contribution in [0, 0.1) is 0 Å². The van der Waals surface area contributed by atoms with Gasteiger partial charge in [-0.1, -0.05) is 195 Å². The molecule has 0 aliphatic rings. The summed E-state index contributed by atoms with van der Waals surface area (Å²) in [5, 5.41) is 10.4.